The maximum absolute atomic E-state index is 11.9. The number of rotatable bonds is 5. The second-order valence-electron chi connectivity index (χ2n) is 3.73. The first-order valence-corrected chi connectivity index (χ1v) is 7.66. The van der Waals surface area contributed by atoms with E-state index in [9.17, 15) is 13.2 Å². The van der Waals surface area contributed by atoms with Gasteiger partial charge in [0, 0.05) is 6.54 Å². The molecule has 0 bridgehead atoms. The highest BCUT2D eigenvalue weighted by molar-refractivity contribution is 7.91. The number of hydrogen-bond acceptors (Lipinski definition) is 4. The summed E-state index contributed by atoms with van der Waals surface area (Å²) in [6.07, 6.45) is 0. The molecule has 0 saturated carbocycles. The Morgan fingerprint density at radius 1 is 1.16 bits per heavy atom. The number of thiophene rings is 1. The summed E-state index contributed by atoms with van der Waals surface area (Å²) < 4.78 is 26.3. The molecule has 0 aliphatic rings. The summed E-state index contributed by atoms with van der Waals surface area (Å²) in [5.74, 6) is -1.13. The molecule has 0 aliphatic carbocycles. The Hall–Kier alpha value is -1.70. The summed E-state index contributed by atoms with van der Waals surface area (Å²) >= 11 is 0.733. The topological polar surface area (TPSA) is 83.5 Å². The Kier molecular flexibility index (Phi) is 3.98. The molecule has 0 fully saturated rings. The molecule has 0 saturated heterocycles. The van der Waals surface area contributed by atoms with Crippen LogP contribution in [0.3, 0.4) is 0 Å². The van der Waals surface area contributed by atoms with E-state index in [1.54, 1.807) is 12.1 Å². The Bertz CT molecular complexity index is 677. The largest absolute Gasteiger partial charge is 0.477 e. The summed E-state index contributed by atoms with van der Waals surface area (Å²) in [4.78, 5) is 10.7. The zero-order valence-corrected chi connectivity index (χ0v) is 11.4. The SMILES string of the molecule is O=C(O)c1ccc(S(=O)(=O)NCc2ccccc2)s1. The normalized spacial score (nSPS) is 11.4. The molecule has 2 N–H and O–H groups in total. The van der Waals surface area contributed by atoms with Crippen molar-refractivity contribution in [2.24, 2.45) is 0 Å². The summed E-state index contributed by atoms with van der Waals surface area (Å²) in [7, 11) is -3.67. The molecule has 0 radical (unpaired) electrons. The first kappa shape index (κ1) is 13.7. The van der Waals surface area contributed by atoms with Gasteiger partial charge in [-0.1, -0.05) is 30.3 Å². The van der Waals surface area contributed by atoms with Crippen LogP contribution in [0.5, 0.6) is 0 Å². The van der Waals surface area contributed by atoms with E-state index in [2.05, 4.69) is 4.72 Å². The van der Waals surface area contributed by atoms with Crippen LogP contribution in [0, 0.1) is 0 Å². The van der Waals surface area contributed by atoms with Gasteiger partial charge in [0.2, 0.25) is 10.0 Å². The first-order chi connectivity index (χ1) is 8.99. The maximum atomic E-state index is 11.9. The van der Waals surface area contributed by atoms with Crippen molar-refractivity contribution in [3.8, 4) is 0 Å². The zero-order valence-electron chi connectivity index (χ0n) is 9.74. The van der Waals surface area contributed by atoms with Crippen molar-refractivity contribution in [2.45, 2.75) is 10.8 Å². The van der Waals surface area contributed by atoms with Crippen LogP contribution in [-0.2, 0) is 16.6 Å². The Morgan fingerprint density at radius 2 is 1.84 bits per heavy atom. The number of benzene rings is 1. The van der Waals surface area contributed by atoms with Crippen LogP contribution in [0.4, 0.5) is 0 Å². The molecule has 1 aromatic heterocycles. The first-order valence-electron chi connectivity index (χ1n) is 5.36. The third-order valence-corrected chi connectivity index (χ3v) is 5.33. The Morgan fingerprint density at radius 3 is 2.42 bits per heavy atom. The van der Waals surface area contributed by atoms with Gasteiger partial charge in [0.15, 0.2) is 0 Å². The van der Waals surface area contributed by atoms with E-state index >= 15 is 0 Å². The molecule has 1 aromatic carbocycles. The number of carboxylic acid groups (broad SMARTS) is 1. The van der Waals surface area contributed by atoms with Gasteiger partial charge in [0.1, 0.15) is 9.09 Å². The second kappa shape index (κ2) is 5.52. The van der Waals surface area contributed by atoms with Crippen molar-refractivity contribution in [1.82, 2.24) is 4.72 Å². The minimum atomic E-state index is -3.67. The average Bonchev–Trinajstić information content (AvgIpc) is 2.88. The molecule has 0 spiro atoms. The molecule has 0 atom stereocenters. The van der Waals surface area contributed by atoms with Gasteiger partial charge in [-0.15, -0.1) is 11.3 Å². The Balaban J connectivity index is 2.12. The molecule has 19 heavy (non-hydrogen) atoms. The molecule has 2 aromatic rings. The summed E-state index contributed by atoms with van der Waals surface area (Å²) in [5, 5.41) is 8.77. The van der Waals surface area contributed by atoms with Crippen molar-refractivity contribution in [1.29, 1.82) is 0 Å². The second-order valence-corrected chi connectivity index (χ2v) is 6.81. The van der Waals surface area contributed by atoms with Gasteiger partial charge in [0.05, 0.1) is 0 Å². The standard InChI is InChI=1S/C12H11NO4S2/c14-12(15)10-6-7-11(18-10)19(16,17)13-8-9-4-2-1-3-5-9/h1-7,13H,8H2,(H,14,15). The number of carbonyl (C=O) groups is 1. The predicted octanol–water partition coefficient (Wildman–Crippen LogP) is 1.92. The van der Waals surface area contributed by atoms with Crippen molar-refractivity contribution < 1.29 is 18.3 Å². The van der Waals surface area contributed by atoms with Gasteiger partial charge in [0.25, 0.3) is 0 Å². The van der Waals surface area contributed by atoms with E-state index in [0.717, 1.165) is 16.9 Å². The van der Waals surface area contributed by atoms with Gasteiger partial charge >= 0.3 is 5.97 Å². The molecular weight excluding hydrogens is 286 g/mol. The lowest BCUT2D eigenvalue weighted by Gasteiger charge is -2.04. The number of sulfonamides is 1. The van der Waals surface area contributed by atoms with Crippen molar-refractivity contribution >= 4 is 27.3 Å². The monoisotopic (exact) mass is 297 g/mol. The molecule has 100 valence electrons. The molecule has 2 rings (SSSR count). The lowest BCUT2D eigenvalue weighted by atomic mass is 10.2. The third-order valence-electron chi connectivity index (χ3n) is 2.37. The number of carboxylic acids is 1. The van der Waals surface area contributed by atoms with Gasteiger partial charge in [-0.25, -0.2) is 17.9 Å². The predicted molar refractivity (Wildman–Crippen MR) is 71.7 cm³/mol. The fourth-order valence-corrected chi connectivity index (χ4v) is 3.63. The van der Waals surface area contributed by atoms with E-state index in [0.29, 0.717) is 0 Å². The molecule has 0 aliphatic heterocycles. The van der Waals surface area contributed by atoms with E-state index < -0.39 is 16.0 Å². The maximum Gasteiger partial charge on any atom is 0.345 e. The van der Waals surface area contributed by atoms with Crippen LogP contribution in [0.15, 0.2) is 46.7 Å². The third kappa shape index (κ3) is 3.40. The van der Waals surface area contributed by atoms with Crippen LogP contribution in [0.25, 0.3) is 0 Å². The minimum Gasteiger partial charge on any atom is -0.477 e. The highest BCUT2D eigenvalue weighted by atomic mass is 32.2. The zero-order chi connectivity index (χ0) is 13.9. The highest BCUT2D eigenvalue weighted by Crippen LogP contribution is 2.21. The molecule has 1 heterocycles. The quantitative estimate of drug-likeness (QED) is 0.883. The van der Waals surface area contributed by atoms with Crippen molar-refractivity contribution in [3.63, 3.8) is 0 Å². The highest BCUT2D eigenvalue weighted by Gasteiger charge is 2.18. The van der Waals surface area contributed by atoms with E-state index in [4.69, 9.17) is 5.11 Å². The summed E-state index contributed by atoms with van der Waals surface area (Å²) in [6.45, 7) is 0.170. The lowest BCUT2D eigenvalue weighted by molar-refractivity contribution is 0.0702. The van der Waals surface area contributed by atoms with Gasteiger partial charge in [-0.3, -0.25) is 0 Å². The number of hydrogen-bond donors (Lipinski definition) is 2. The summed E-state index contributed by atoms with van der Waals surface area (Å²) in [6, 6.07) is 11.7. The van der Waals surface area contributed by atoms with Crippen LogP contribution < -0.4 is 4.72 Å². The molecular formula is C12H11NO4S2. The van der Waals surface area contributed by atoms with Crippen LogP contribution in [-0.4, -0.2) is 19.5 Å². The van der Waals surface area contributed by atoms with Crippen LogP contribution in [0.1, 0.15) is 15.2 Å². The fourth-order valence-electron chi connectivity index (χ4n) is 1.42. The molecule has 7 heteroatoms. The fraction of sp³-hybridized carbons (Fsp3) is 0.0833. The molecule has 0 unspecified atom stereocenters. The van der Waals surface area contributed by atoms with E-state index in [1.807, 2.05) is 18.2 Å². The van der Waals surface area contributed by atoms with Crippen LogP contribution >= 0.6 is 11.3 Å². The van der Waals surface area contributed by atoms with E-state index in [-0.39, 0.29) is 15.6 Å². The lowest BCUT2D eigenvalue weighted by Crippen LogP contribution is -2.22. The number of aromatic carboxylic acids is 1. The average molecular weight is 297 g/mol. The smallest absolute Gasteiger partial charge is 0.345 e. The van der Waals surface area contributed by atoms with Gasteiger partial charge in [-0.2, -0.15) is 0 Å². The van der Waals surface area contributed by atoms with Crippen molar-refractivity contribution in [3.05, 3.63) is 52.9 Å². The van der Waals surface area contributed by atoms with Crippen molar-refractivity contribution in [2.75, 3.05) is 0 Å². The van der Waals surface area contributed by atoms with Crippen LogP contribution in [0.2, 0.25) is 0 Å². The van der Waals surface area contributed by atoms with Gasteiger partial charge < -0.3 is 5.11 Å². The Labute approximate surface area is 114 Å². The summed E-state index contributed by atoms with van der Waals surface area (Å²) in [5.41, 5.74) is 0.834. The molecule has 5 nitrogen and oxygen atoms in total. The molecule has 0 amide bonds. The minimum absolute atomic E-state index is 0.0000797. The number of nitrogens with one attached hydrogen (secondary N) is 1. The van der Waals surface area contributed by atoms with Gasteiger partial charge in [-0.05, 0) is 17.7 Å². The van der Waals surface area contributed by atoms with E-state index in [1.165, 1.54) is 12.1 Å².